The Morgan fingerprint density at radius 3 is 1.00 bits per heavy atom. The third-order valence-corrected chi connectivity index (χ3v) is 19.1. The van der Waals surface area contributed by atoms with E-state index in [2.05, 4.69) is 55.6 Å². The van der Waals surface area contributed by atoms with Crippen molar-refractivity contribution in [3.63, 3.8) is 0 Å². The Hall–Kier alpha value is -1.85. The molecule has 1 amide bonds. The normalized spacial score (nSPS) is 18.0. The van der Waals surface area contributed by atoms with Gasteiger partial charge in [0.1, 0.15) is 24.4 Å². The first-order chi connectivity index (χ1) is 44.3. The van der Waals surface area contributed by atoms with Crippen molar-refractivity contribution in [3.05, 3.63) is 48.6 Å². The Kier molecular flexibility index (Phi) is 67.0. The Labute approximate surface area is 558 Å². The van der Waals surface area contributed by atoms with E-state index in [1.54, 1.807) is 6.08 Å². The van der Waals surface area contributed by atoms with E-state index < -0.39 is 49.5 Å². The fourth-order valence-corrected chi connectivity index (χ4v) is 12.9. The van der Waals surface area contributed by atoms with E-state index in [1.165, 1.54) is 340 Å². The number of hydrogen-bond donors (Lipinski definition) is 6. The molecule has 0 radical (unpaired) electrons. The molecule has 90 heavy (non-hydrogen) atoms. The maximum Gasteiger partial charge on any atom is 0.220 e. The molecular formula is C81H153NO8. The number of carbonyl (C=O) groups is 1. The molecule has 530 valence electrons. The Morgan fingerprint density at radius 1 is 0.378 bits per heavy atom. The van der Waals surface area contributed by atoms with Crippen LogP contribution in [0.25, 0.3) is 0 Å². The van der Waals surface area contributed by atoms with Gasteiger partial charge < -0.3 is 40.3 Å². The molecule has 1 aliphatic heterocycles. The third kappa shape index (κ3) is 57.6. The van der Waals surface area contributed by atoms with Crippen LogP contribution in [-0.4, -0.2) is 87.5 Å². The summed E-state index contributed by atoms with van der Waals surface area (Å²) in [6.45, 7) is 3.81. The monoisotopic (exact) mass is 1270 g/mol. The number of hydrogen-bond acceptors (Lipinski definition) is 8. The molecule has 1 heterocycles. The van der Waals surface area contributed by atoms with Crippen LogP contribution < -0.4 is 5.32 Å². The molecule has 1 fully saturated rings. The van der Waals surface area contributed by atoms with Crippen LogP contribution in [0.1, 0.15) is 406 Å². The molecule has 6 N–H and O–H groups in total. The Bertz CT molecular complexity index is 1570. The number of ether oxygens (including phenoxy) is 2. The first-order valence-electron chi connectivity index (χ1n) is 39.9. The zero-order valence-corrected chi connectivity index (χ0v) is 59.7. The second kappa shape index (κ2) is 70.0. The highest BCUT2D eigenvalue weighted by Crippen LogP contribution is 2.24. The molecule has 0 saturated carbocycles. The van der Waals surface area contributed by atoms with E-state index >= 15 is 0 Å². The maximum absolute atomic E-state index is 13.2. The molecule has 0 spiro atoms. The van der Waals surface area contributed by atoms with Crippen molar-refractivity contribution in [3.8, 4) is 0 Å². The fraction of sp³-hybridized carbons (Fsp3) is 0.889. The number of aliphatic hydroxyl groups excluding tert-OH is 5. The minimum Gasteiger partial charge on any atom is -0.394 e. The number of allylic oxidation sites excluding steroid dienone is 7. The van der Waals surface area contributed by atoms with Crippen molar-refractivity contribution < 1.29 is 39.8 Å². The highest BCUT2D eigenvalue weighted by atomic mass is 16.7. The summed E-state index contributed by atoms with van der Waals surface area (Å²) in [6, 6.07) is -0.823. The lowest BCUT2D eigenvalue weighted by Crippen LogP contribution is -2.60. The highest BCUT2D eigenvalue weighted by molar-refractivity contribution is 5.76. The van der Waals surface area contributed by atoms with Gasteiger partial charge in [-0.3, -0.25) is 4.79 Å². The molecule has 0 aromatic carbocycles. The van der Waals surface area contributed by atoms with Crippen LogP contribution in [0.3, 0.4) is 0 Å². The van der Waals surface area contributed by atoms with E-state index in [0.717, 1.165) is 44.9 Å². The lowest BCUT2D eigenvalue weighted by Gasteiger charge is -2.40. The average molecular weight is 1270 g/mol. The standard InChI is InChI=1S/C81H153NO8/c1-3-5-7-9-11-13-15-17-19-21-23-25-27-29-31-33-35-37-38-39-41-43-45-47-49-51-53-55-57-59-61-63-65-67-69-71-77(85)82-74(73-89-81-80(88)79(87)78(86)76(72-83)90-81)75(84)70-68-66-64-62-60-58-56-54-52-50-48-46-44-42-40-36-34-32-30-28-26-24-22-20-18-16-14-12-10-8-6-4-2/h15,17,21,23,60,62,68,70,74-76,78-81,83-84,86-88H,3-14,16,18-20,22,24-59,61,63-67,69,71-73H2,1-2H3,(H,82,85)/b17-15-,23-21-,62-60+,70-68+. The maximum atomic E-state index is 13.2. The number of rotatable bonds is 71. The molecule has 0 aliphatic carbocycles. The van der Waals surface area contributed by atoms with Gasteiger partial charge in [0.25, 0.3) is 0 Å². The van der Waals surface area contributed by atoms with Crippen LogP contribution in [0.4, 0.5) is 0 Å². The van der Waals surface area contributed by atoms with E-state index in [1.807, 2.05) is 6.08 Å². The molecule has 0 aromatic rings. The number of unbranched alkanes of at least 4 members (excludes halogenated alkanes) is 55. The summed E-state index contributed by atoms with van der Waals surface area (Å²) in [5.74, 6) is -0.178. The zero-order chi connectivity index (χ0) is 64.9. The van der Waals surface area contributed by atoms with Crippen molar-refractivity contribution >= 4 is 5.91 Å². The van der Waals surface area contributed by atoms with Crippen LogP contribution in [0.2, 0.25) is 0 Å². The van der Waals surface area contributed by atoms with Gasteiger partial charge in [-0.2, -0.15) is 0 Å². The molecule has 7 atom stereocenters. The first kappa shape index (κ1) is 86.2. The molecule has 9 heteroatoms. The van der Waals surface area contributed by atoms with Gasteiger partial charge in [-0.15, -0.1) is 0 Å². The predicted molar refractivity (Wildman–Crippen MR) is 387 cm³/mol. The highest BCUT2D eigenvalue weighted by Gasteiger charge is 2.44. The number of aliphatic hydroxyl groups is 5. The van der Waals surface area contributed by atoms with E-state index in [-0.39, 0.29) is 12.5 Å². The summed E-state index contributed by atoms with van der Waals surface area (Å²) >= 11 is 0. The van der Waals surface area contributed by atoms with Crippen molar-refractivity contribution in [2.75, 3.05) is 13.2 Å². The van der Waals surface area contributed by atoms with Crippen LogP contribution >= 0.6 is 0 Å². The fourth-order valence-electron chi connectivity index (χ4n) is 12.9. The topological polar surface area (TPSA) is 149 Å². The van der Waals surface area contributed by atoms with Crippen molar-refractivity contribution in [2.24, 2.45) is 0 Å². The number of amides is 1. The van der Waals surface area contributed by atoms with Crippen molar-refractivity contribution in [1.82, 2.24) is 5.32 Å². The summed E-state index contributed by atoms with van der Waals surface area (Å²) < 4.78 is 11.3. The SMILES string of the molecule is CCCCCCC/C=C\C/C=C\CCCCCCCCCCCCCCCCCCCCCCCCCC(=O)NC(COC1OC(CO)C(O)C(O)C1O)C(O)/C=C/CC/C=C/CCCCCCCCCCCCCCCCCCCCCCCCCCCC. The second-order valence-corrected chi connectivity index (χ2v) is 27.9. The van der Waals surface area contributed by atoms with Gasteiger partial charge in [0.2, 0.25) is 5.91 Å². The summed E-state index contributed by atoms with van der Waals surface area (Å²) in [5, 5.41) is 54.9. The number of nitrogens with one attached hydrogen (secondary N) is 1. The third-order valence-electron chi connectivity index (χ3n) is 19.1. The minimum absolute atomic E-state index is 0.178. The van der Waals surface area contributed by atoms with Crippen LogP contribution in [0.5, 0.6) is 0 Å². The molecule has 1 aliphatic rings. The predicted octanol–water partition coefficient (Wildman–Crippen LogP) is 22.7. The molecule has 7 unspecified atom stereocenters. The molecule has 0 bridgehead atoms. The van der Waals surface area contributed by atoms with Crippen LogP contribution in [-0.2, 0) is 14.3 Å². The van der Waals surface area contributed by atoms with Gasteiger partial charge in [-0.05, 0) is 64.2 Å². The molecule has 9 nitrogen and oxygen atoms in total. The van der Waals surface area contributed by atoms with Gasteiger partial charge in [0.05, 0.1) is 25.4 Å². The van der Waals surface area contributed by atoms with E-state index in [0.29, 0.717) is 6.42 Å². The van der Waals surface area contributed by atoms with Gasteiger partial charge in [-0.25, -0.2) is 0 Å². The lowest BCUT2D eigenvalue weighted by molar-refractivity contribution is -0.302. The Morgan fingerprint density at radius 2 is 0.667 bits per heavy atom. The summed E-state index contributed by atoms with van der Waals surface area (Å²) in [7, 11) is 0. The summed E-state index contributed by atoms with van der Waals surface area (Å²) in [4.78, 5) is 13.2. The second-order valence-electron chi connectivity index (χ2n) is 27.9. The molecule has 1 saturated heterocycles. The van der Waals surface area contributed by atoms with Gasteiger partial charge in [-0.1, -0.05) is 383 Å². The quantitative estimate of drug-likeness (QED) is 0.0261. The van der Waals surface area contributed by atoms with Crippen molar-refractivity contribution in [1.29, 1.82) is 0 Å². The van der Waals surface area contributed by atoms with Crippen LogP contribution in [0, 0.1) is 0 Å². The van der Waals surface area contributed by atoms with Gasteiger partial charge in [0.15, 0.2) is 6.29 Å². The summed E-state index contributed by atoms with van der Waals surface area (Å²) in [6.07, 6.45) is 89.8. The largest absolute Gasteiger partial charge is 0.394 e. The number of carbonyl (C=O) groups excluding carboxylic acids is 1. The van der Waals surface area contributed by atoms with Crippen molar-refractivity contribution in [2.45, 2.75) is 448 Å². The van der Waals surface area contributed by atoms with Gasteiger partial charge in [0, 0.05) is 6.42 Å². The zero-order valence-electron chi connectivity index (χ0n) is 59.7. The average Bonchev–Trinajstić information content (AvgIpc) is 1.28. The minimum atomic E-state index is -1.57. The lowest BCUT2D eigenvalue weighted by atomic mass is 9.99. The smallest absolute Gasteiger partial charge is 0.220 e. The van der Waals surface area contributed by atoms with Crippen LogP contribution in [0.15, 0.2) is 48.6 Å². The van der Waals surface area contributed by atoms with Gasteiger partial charge >= 0.3 is 0 Å². The summed E-state index contributed by atoms with van der Waals surface area (Å²) in [5.41, 5.74) is 0. The first-order valence-corrected chi connectivity index (χ1v) is 39.9. The van der Waals surface area contributed by atoms with E-state index in [4.69, 9.17) is 9.47 Å². The molecule has 0 aromatic heterocycles. The molecule has 1 rings (SSSR count). The Balaban J connectivity index is 2.08. The van der Waals surface area contributed by atoms with E-state index in [9.17, 15) is 30.3 Å². The molecular weight excluding hydrogens is 1110 g/mol.